The van der Waals surface area contributed by atoms with E-state index >= 15 is 0 Å². The van der Waals surface area contributed by atoms with Gasteiger partial charge in [-0.15, -0.1) is 0 Å². The number of phenols is 2. The van der Waals surface area contributed by atoms with E-state index in [1.54, 1.807) is 18.2 Å². The van der Waals surface area contributed by atoms with Crippen molar-refractivity contribution in [3.8, 4) is 11.5 Å². The molecule has 0 aromatic heterocycles. The van der Waals surface area contributed by atoms with Gasteiger partial charge in [-0.3, -0.25) is 0 Å². The Labute approximate surface area is 213 Å². The molecule has 4 aromatic carbocycles. The van der Waals surface area contributed by atoms with Gasteiger partial charge in [0.05, 0.1) is 14.7 Å². The van der Waals surface area contributed by atoms with Crippen molar-refractivity contribution >= 4 is 30.7 Å². The van der Waals surface area contributed by atoms with E-state index in [1.807, 2.05) is 0 Å². The van der Waals surface area contributed by atoms with E-state index in [9.17, 15) is 31.6 Å². The third-order valence-corrected chi connectivity index (χ3v) is 7.72. The van der Waals surface area contributed by atoms with Crippen LogP contribution in [0.5, 0.6) is 11.5 Å². The van der Waals surface area contributed by atoms with E-state index in [0.29, 0.717) is 21.9 Å². The summed E-state index contributed by atoms with van der Waals surface area (Å²) in [4.78, 5) is -0.355. The average molecular weight is 493 g/mol. The van der Waals surface area contributed by atoms with Gasteiger partial charge in [0.25, 0.3) is 0 Å². The normalized spacial score (nSPS) is 11.8. The fraction of sp³-hybridized carbons (Fsp3) is 0.0435. The van der Waals surface area contributed by atoms with E-state index in [4.69, 9.17) is 0 Å². The fourth-order valence-corrected chi connectivity index (χ4v) is 5.29. The first-order valence-corrected chi connectivity index (χ1v) is 12.3. The minimum Gasteiger partial charge on any atom is -0.744 e. The quantitative estimate of drug-likeness (QED) is 0.308. The summed E-state index contributed by atoms with van der Waals surface area (Å²) < 4.78 is 59.8. The van der Waals surface area contributed by atoms with Gasteiger partial charge in [0.2, 0.25) is 9.84 Å². The number of benzene rings is 4. The predicted molar refractivity (Wildman–Crippen MR) is 116 cm³/mol. The SMILES string of the molecule is O=S(=O)([O-])c1ccc2c(Cc3cc(S(=O)(=O)c4ccc(O)cc4)ccc3O)cccc2c1.[Na+]. The van der Waals surface area contributed by atoms with Crippen LogP contribution in [0.1, 0.15) is 11.1 Å². The number of hydrogen-bond acceptors (Lipinski definition) is 7. The summed E-state index contributed by atoms with van der Waals surface area (Å²) in [5.41, 5.74) is 1.07. The predicted octanol–water partition coefficient (Wildman–Crippen LogP) is 0.583. The Morgan fingerprint density at radius 2 is 1.33 bits per heavy atom. The van der Waals surface area contributed by atoms with Crippen molar-refractivity contribution in [1.82, 2.24) is 0 Å². The van der Waals surface area contributed by atoms with Crippen molar-refractivity contribution in [2.24, 2.45) is 0 Å². The molecule has 10 heteroatoms. The standard InChI is InChI=1S/C23H18O7S2.Na/c24-18-4-6-19(7-5-18)31(26,27)20-9-11-23(25)17(14-20)12-15-2-1-3-16-13-21(32(28,29)30)8-10-22(15)16;/h1-11,13-14,24-25H,12H2,(H,28,29,30);/q;+1/p-1. The number of sulfone groups is 1. The summed E-state index contributed by atoms with van der Waals surface area (Å²) in [6, 6.07) is 18.3. The summed E-state index contributed by atoms with van der Waals surface area (Å²) >= 11 is 0. The first kappa shape index (κ1) is 25.2. The molecular formula is C23H17NaO7S2. The topological polar surface area (TPSA) is 132 Å². The van der Waals surface area contributed by atoms with Crippen molar-refractivity contribution in [3.63, 3.8) is 0 Å². The van der Waals surface area contributed by atoms with E-state index < -0.39 is 20.0 Å². The second-order valence-corrected chi connectivity index (χ2v) is 10.5. The molecule has 0 saturated carbocycles. The molecule has 33 heavy (non-hydrogen) atoms. The van der Waals surface area contributed by atoms with Crippen LogP contribution in [0, 0.1) is 0 Å². The van der Waals surface area contributed by atoms with Crippen LogP contribution in [-0.4, -0.2) is 31.6 Å². The molecule has 0 aliphatic rings. The Balaban J connectivity index is 0.00000306. The second kappa shape index (κ2) is 9.46. The van der Waals surface area contributed by atoms with E-state index in [1.165, 1.54) is 60.7 Å². The molecule has 0 unspecified atom stereocenters. The third-order valence-electron chi connectivity index (χ3n) is 5.12. The zero-order valence-corrected chi connectivity index (χ0v) is 21.1. The zero-order chi connectivity index (χ0) is 23.1. The van der Waals surface area contributed by atoms with Crippen molar-refractivity contribution in [2.75, 3.05) is 0 Å². The molecular weight excluding hydrogens is 475 g/mol. The first-order chi connectivity index (χ1) is 15.1. The van der Waals surface area contributed by atoms with Crippen LogP contribution in [0.2, 0.25) is 0 Å². The maximum absolute atomic E-state index is 13.0. The van der Waals surface area contributed by atoms with Gasteiger partial charge in [-0.05, 0) is 76.5 Å². The van der Waals surface area contributed by atoms with Crippen LogP contribution in [0.4, 0.5) is 0 Å². The van der Waals surface area contributed by atoms with Crippen LogP contribution in [0.3, 0.4) is 0 Å². The van der Waals surface area contributed by atoms with Gasteiger partial charge in [-0.2, -0.15) is 0 Å². The average Bonchev–Trinajstić information content (AvgIpc) is 2.74. The minimum absolute atomic E-state index is 0. The zero-order valence-electron chi connectivity index (χ0n) is 17.5. The Morgan fingerprint density at radius 3 is 2.00 bits per heavy atom. The first-order valence-electron chi connectivity index (χ1n) is 9.39. The van der Waals surface area contributed by atoms with Crippen LogP contribution in [0.15, 0.2) is 93.5 Å². The molecule has 0 atom stereocenters. The molecule has 0 bridgehead atoms. The monoisotopic (exact) mass is 492 g/mol. The van der Waals surface area contributed by atoms with Crippen LogP contribution in [-0.2, 0) is 26.4 Å². The van der Waals surface area contributed by atoms with Gasteiger partial charge < -0.3 is 14.8 Å². The molecule has 7 nitrogen and oxygen atoms in total. The molecule has 4 aromatic rings. The van der Waals surface area contributed by atoms with Crippen molar-refractivity contribution < 1.29 is 61.2 Å². The maximum atomic E-state index is 13.0. The number of hydrogen-bond donors (Lipinski definition) is 2. The van der Waals surface area contributed by atoms with Crippen molar-refractivity contribution in [2.45, 2.75) is 21.1 Å². The van der Waals surface area contributed by atoms with Crippen molar-refractivity contribution in [1.29, 1.82) is 0 Å². The maximum Gasteiger partial charge on any atom is 1.00 e. The second-order valence-electron chi connectivity index (χ2n) is 7.22. The Hall–Kier alpha value is -2.40. The molecule has 4 rings (SSSR count). The molecule has 2 N–H and O–H groups in total. The molecule has 0 saturated heterocycles. The molecule has 0 spiro atoms. The summed E-state index contributed by atoms with van der Waals surface area (Å²) in [7, 11) is -8.47. The molecule has 0 fully saturated rings. The molecule has 164 valence electrons. The van der Waals surface area contributed by atoms with Gasteiger partial charge in [0, 0.05) is 6.42 Å². The number of phenolic OH excluding ortho intramolecular Hbond substituents is 2. The molecule has 0 heterocycles. The largest absolute Gasteiger partial charge is 1.00 e. The van der Waals surface area contributed by atoms with Crippen LogP contribution in [0.25, 0.3) is 10.8 Å². The molecule has 0 amide bonds. The Kier molecular flexibility index (Phi) is 7.23. The summed E-state index contributed by atoms with van der Waals surface area (Å²) in [5, 5.41) is 21.0. The molecule has 0 aliphatic carbocycles. The number of fused-ring (bicyclic) bond motifs is 1. The van der Waals surface area contributed by atoms with Crippen molar-refractivity contribution in [3.05, 3.63) is 90.0 Å². The molecule has 0 aliphatic heterocycles. The smallest absolute Gasteiger partial charge is 0.744 e. The van der Waals surface area contributed by atoms with Gasteiger partial charge in [-0.25, -0.2) is 16.8 Å². The fourth-order valence-electron chi connectivity index (χ4n) is 3.48. The third kappa shape index (κ3) is 5.24. The number of rotatable bonds is 5. The van der Waals surface area contributed by atoms with E-state index in [0.717, 1.165) is 0 Å². The van der Waals surface area contributed by atoms with E-state index in [2.05, 4.69) is 0 Å². The van der Waals surface area contributed by atoms with Gasteiger partial charge in [0.1, 0.15) is 21.6 Å². The summed E-state index contributed by atoms with van der Waals surface area (Å²) in [6.07, 6.45) is 0.172. The summed E-state index contributed by atoms with van der Waals surface area (Å²) in [5.74, 6) is -0.148. The molecule has 0 radical (unpaired) electrons. The van der Waals surface area contributed by atoms with Crippen LogP contribution < -0.4 is 29.6 Å². The van der Waals surface area contributed by atoms with Gasteiger partial charge >= 0.3 is 29.6 Å². The van der Waals surface area contributed by atoms with E-state index in [-0.39, 0.29) is 62.2 Å². The number of aromatic hydroxyl groups is 2. The Morgan fingerprint density at radius 1 is 0.697 bits per heavy atom. The van der Waals surface area contributed by atoms with Gasteiger partial charge in [0.15, 0.2) is 0 Å². The van der Waals surface area contributed by atoms with Gasteiger partial charge in [-0.1, -0.05) is 24.3 Å². The van der Waals surface area contributed by atoms with Crippen LogP contribution >= 0.6 is 0 Å². The summed E-state index contributed by atoms with van der Waals surface area (Å²) in [6.45, 7) is 0. The Bertz CT molecular complexity index is 1550. The minimum atomic E-state index is -4.60.